The molecule has 2 aromatic carbocycles. The first kappa shape index (κ1) is 18.9. The Bertz CT molecular complexity index is 827. The van der Waals surface area contributed by atoms with Crippen molar-refractivity contribution >= 4 is 18.0 Å². The molecule has 0 heterocycles. The Morgan fingerprint density at radius 2 is 1.58 bits per heavy atom. The SMILES string of the molecule is C=CC(=O)Oc1ccc(-c2ccc(/C=C/COC(=O)C(=C)C)cc2)cc1. The fraction of sp³-hybridized carbons (Fsp3) is 0.0909. The van der Waals surface area contributed by atoms with Crippen molar-refractivity contribution in [1.82, 2.24) is 0 Å². The predicted molar refractivity (Wildman–Crippen MR) is 103 cm³/mol. The van der Waals surface area contributed by atoms with Crippen molar-refractivity contribution in [2.75, 3.05) is 6.61 Å². The topological polar surface area (TPSA) is 52.6 Å². The normalized spacial score (nSPS) is 10.3. The Morgan fingerprint density at radius 3 is 2.12 bits per heavy atom. The molecule has 0 bridgehead atoms. The van der Waals surface area contributed by atoms with Gasteiger partial charge in [-0.05, 0) is 41.8 Å². The van der Waals surface area contributed by atoms with Gasteiger partial charge in [-0.1, -0.05) is 55.6 Å². The van der Waals surface area contributed by atoms with E-state index in [1.54, 1.807) is 25.1 Å². The quantitative estimate of drug-likeness (QED) is 0.418. The molecule has 0 N–H and O–H groups in total. The van der Waals surface area contributed by atoms with Crippen molar-refractivity contribution in [3.8, 4) is 16.9 Å². The molecular weight excluding hydrogens is 328 g/mol. The summed E-state index contributed by atoms with van der Waals surface area (Å²) < 4.78 is 10.1. The number of carbonyl (C=O) groups excluding carboxylic acids is 2. The van der Waals surface area contributed by atoms with Crippen molar-refractivity contribution in [1.29, 1.82) is 0 Å². The number of hydrogen-bond donors (Lipinski definition) is 0. The molecule has 0 amide bonds. The van der Waals surface area contributed by atoms with E-state index in [1.165, 1.54) is 0 Å². The molecule has 26 heavy (non-hydrogen) atoms. The third kappa shape index (κ3) is 5.60. The lowest BCUT2D eigenvalue weighted by atomic mass is 10.0. The van der Waals surface area contributed by atoms with Gasteiger partial charge in [-0.25, -0.2) is 9.59 Å². The molecule has 0 radical (unpaired) electrons. The third-order valence-corrected chi connectivity index (χ3v) is 3.45. The molecule has 0 fully saturated rings. The van der Waals surface area contributed by atoms with Gasteiger partial charge in [0.1, 0.15) is 12.4 Å². The predicted octanol–water partition coefficient (Wildman–Crippen LogP) is 4.58. The summed E-state index contributed by atoms with van der Waals surface area (Å²) in [5.74, 6) is -0.405. The summed E-state index contributed by atoms with van der Waals surface area (Å²) >= 11 is 0. The maximum atomic E-state index is 11.3. The van der Waals surface area contributed by atoms with E-state index in [4.69, 9.17) is 9.47 Å². The summed E-state index contributed by atoms with van der Waals surface area (Å²) in [4.78, 5) is 22.4. The van der Waals surface area contributed by atoms with Gasteiger partial charge in [-0.2, -0.15) is 0 Å². The van der Waals surface area contributed by atoms with Gasteiger partial charge in [0.25, 0.3) is 0 Å². The molecule has 4 heteroatoms. The smallest absolute Gasteiger partial charge is 0.335 e. The van der Waals surface area contributed by atoms with Crippen LogP contribution in [0.4, 0.5) is 0 Å². The summed E-state index contributed by atoms with van der Waals surface area (Å²) in [6, 6.07) is 15.2. The zero-order chi connectivity index (χ0) is 18.9. The van der Waals surface area contributed by atoms with E-state index in [1.807, 2.05) is 42.5 Å². The summed E-state index contributed by atoms with van der Waals surface area (Å²) in [6.45, 7) is 8.71. The van der Waals surface area contributed by atoms with Gasteiger partial charge in [0, 0.05) is 11.6 Å². The van der Waals surface area contributed by atoms with Crippen LogP contribution in [0.2, 0.25) is 0 Å². The molecule has 4 nitrogen and oxygen atoms in total. The molecular formula is C22H20O4. The number of hydrogen-bond acceptors (Lipinski definition) is 4. The van der Waals surface area contributed by atoms with Crippen LogP contribution in [0.1, 0.15) is 12.5 Å². The second-order valence-corrected chi connectivity index (χ2v) is 5.55. The van der Waals surface area contributed by atoms with Crippen LogP contribution >= 0.6 is 0 Å². The van der Waals surface area contributed by atoms with Gasteiger partial charge in [0.2, 0.25) is 0 Å². The van der Waals surface area contributed by atoms with Crippen molar-refractivity contribution in [3.05, 3.63) is 85.0 Å². The largest absolute Gasteiger partial charge is 0.458 e. The molecule has 0 spiro atoms. The van der Waals surface area contributed by atoms with Gasteiger partial charge in [-0.15, -0.1) is 0 Å². The molecule has 0 aliphatic rings. The second kappa shape index (κ2) is 9.18. The number of esters is 2. The highest BCUT2D eigenvalue weighted by Gasteiger charge is 2.02. The fourth-order valence-corrected chi connectivity index (χ4v) is 2.09. The summed E-state index contributed by atoms with van der Waals surface area (Å²) in [7, 11) is 0. The van der Waals surface area contributed by atoms with Gasteiger partial charge in [-0.3, -0.25) is 0 Å². The Morgan fingerprint density at radius 1 is 1.00 bits per heavy atom. The van der Waals surface area contributed by atoms with E-state index in [9.17, 15) is 9.59 Å². The lowest BCUT2D eigenvalue weighted by molar-refractivity contribution is -0.137. The van der Waals surface area contributed by atoms with E-state index in [-0.39, 0.29) is 6.61 Å². The molecule has 2 rings (SSSR count). The van der Waals surface area contributed by atoms with Gasteiger partial charge < -0.3 is 9.47 Å². The first-order valence-electron chi connectivity index (χ1n) is 8.03. The molecule has 0 saturated heterocycles. The number of benzene rings is 2. The van der Waals surface area contributed by atoms with Crippen LogP contribution in [0, 0.1) is 0 Å². The van der Waals surface area contributed by atoms with Crippen molar-refractivity contribution in [2.45, 2.75) is 6.92 Å². The van der Waals surface area contributed by atoms with Crippen LogP contribution in [0.5, 0.6) is 5.75 Å². The Hall–Kier alpha value is -3.40. The Kier molecular flexibility index (Phi) is 6.68. The van der Waals surface area contributed by atoms with Crippen LogP contribution in [0.3, 0.4) is 0 Å². The monoisotopic (exact) mass is 348 g/mol. The lowest BCUT2D eigenvalue weighted by Gasteiger charge is -2.05. The second-order valence-electron chi connectivity index (χ2n) is 5.55. The van der Waals surface area contributed by atoms with Gasteiger partial charge >= 0.3 is 11.9 Å². The molecule has 0 aliphatic carbocycles. The van der Waals surface area contributed by atoms with Crippen LogP contribution in [0.25, 0.3) is 17.2 Å². The summed E-state index contributed by atoms with van der Waals surface area (Å²) in [5.41, 5.74) is 3.43. The highest BCUT2D eigenvalue weighted by atomic mass is 16.5. The average molecular weight is 348 g/mol. The van der Waals surface area contributed by atoms with Crippen LogP contribution in [-0.2, 0) is 14.3 Å². The first-order chi connectivity index (χ1) is 12.5. The maximum absolute atomic E-state index is 11.3. The maximum Gasteiger partial charge on any atom is 0.335 e. The minimum Gasteiger partial charge on any atom is -0.458 e. The van der Waals surface area contributed by atoms with E-state index in [2.05, 4.69) is 13.2 Å². The number of carbonyl (C=O) groups is 2. The van der Waals surface area contributed by atoms with Crippen LogP contribution < -0.4 is 4.74 Å². The molecule has 0 aliphatic heterocycles. The van der Waals surface area contributed by atoms with Crippen LogP contribution in [-0.4, -0.2) is 18.5 Å². The zero-order valence-corrected chi connectivity index (χ0v) is 14.6. The average Bonchev–Trinajstić information content (AvgIpc) is 2.66. The van der Waals surface area contributed by atoms with Crippen molar-refractivity contribution in [3.63, 3.8) is 0 Å². The van der Waals surface area contributed by atoms with E-state index >= 15 is 0 Å². The number of rotatable bonds is 7. The molecule has 0 saturated carbocycles. The van der Waals surface area contributed by atoms with E-state index in [0.29, 0.717) is 11.3 Å². The van der Waals surface area contributed by atoms with Crippen molar-refractivity contribution in [2.24, 2.45) is 0 Å². The molecule has 2 aromatic rings. The van der Waals surface area contributed by atoms with Gasteiger partial charge in [0.15, 0.2) is 0 Å². The molecule has 0 atom stereocenters. The molecule has 0 unspecified atom stereocenters. The Balaban J connectivity index is 1.96. The molecule has 0 aromatic heterocycles. The van der Waals surface area contributed by atoms with Gasteiger partial charge in [0.05, 0.1) is 0 Å². The number of ether oxygens (including phenoxy) is 2. The highest BCUT2D eigenvalue weighted by Crippen LogP contribution is 2.23. The zero-order valence-electron chi connectivity index (χ0n) is 14.6. The van der Waals surface area contributed by atoms with E-state index < -0.39 is 11.9 Å². The lowest BCUT2D eigenvalue weighted by Crippen LogP contribution is -2.04. The fourth-order valence-electron chi connectivity index (χ4n) is 2.09. The van der Waals surface area contributed by atoms with Crippen LogP contribution in [0.15, 0.2) is 79.4 Å². The minimum atomic E-state index is -0.483. The standard InChI is InChI=1S/C22H20O4/c1-4-21(23)26-20-13-11-19(12-14-20)18-9-7-17(8-10-18)6-5-15-25-22(24)16(2)3/h4-14H,1-2,15H2,3H3/b6-5+. The van der Waals surface area contributed by atoms with E-state index in [0.717, 1.165) is 22.8 Å². The Labute approximate surface area is 153 Å². The first-order valence-corrected chi connectivity index (χ1v) is 8.03. The highest BCUT2D eigenvalue weighted by molar-refractivity contribution is 5.87. The van der Waals surface area contributed by atoms with Crippen molar-refractivity contribution < 1.29 is 19.1 Å². The molecule has 132 valence electrons. The minimum absolute atomic E-state index is 0.207. The third-order valence-electron chi connectivity index (χ3n) is 3.45. The summed E-state index contributed by atoms with van der Waals surface area (Å²) in [6.07, 6.45) is 4.78. The summed E-state index contributed by atoms with van der Waals surface area (Å²) in [5, 5.41) is 0.